The van der Waals surface area contributed by atoms with E-state index in [1.54, 1.807) is 5.56 Å². The molecule has 0 radical (unpaired) electrons. The fourth-order valence-electron chi connectivity index (χ4n) is 2.71. The Morgan fingerprint density at radius 1 is 1.06 bits per heavy atom. The molecule has 1 atom stereocenters. The fourth-order valence-corrected chi connectivity index (χ4v) is 2.71. The van der Waals surface area contributed by atoms with Gasteiger partial charge in [0.1, 0.15) is 0 Å². The Balaban J connectivity index is 2.78. The highest BCUT2D eigenvalue weighted by atomic mass is 14.5. The van der Waals surface area contributed by atoms with Gasteiger partial charge in [0.15, 0.2) is 0 Å². The van der Waals surface area contributed by atoms with Crippen molar-refractivity contribution in [2.75, 3.05) is 6.54 Å². The zero-order chi connectivity index (χ0) is 12.1. The molecule has 1 nitrogen and oxygen atoms in total. The Morgan fingerprint density at radius 2 is 1.62 bits per heavy atom. The zero-order valence-electron chi connectivity index (χ0n) is 11.1. The highest BCUT2D eigenvalue weighted by Crippen LogP contribution is 2.28. The second kappa shape index (κ2) is 6.05. The predicted molar refractivity (Wildman–Crippen MR) is 72.0 cm³/mol. The zero-order valence-corrected chi connectivity index (χ0v) is 11.1. The van der Waals surface area contributed by atoms with Gasteiger partial charge in [-0.15, -0.1) is 0 Å². The van der Waals surface area contributed by atoms with Gasteiger partial charge in [0, 0.05) is 0 Å². The van der Waals surface area contributed by atoms with Gasteiger partial charge in [-0.2, -0.15) is 0 Å². The Morgan fingerprint density at radius 3 is 2.12 bits per heavy atom. The predicted octanol–water partition coefficient (Wildman–Crippen LogP) is 3.84. The first-order valence-electron chi connectivity index (χ1n) is 6.34. The molecule has 1 aromatic carbocycles. The van der Waals surface area contributed by atoms with Crippen LogP contribution < -0.4 is 5.73 Å². The Kier molecular flexibility index (Phi) is 5.01. The molecule has 0 aliphatic carbocycles. The van der Waals surface area contributed by atoms with E-state index in [4.69, 9.17) is 5.73 Å². The minimum Gasteiger partial charge on any atom is -0.330 e. The highest BCUT2D eigenvalue weighted by molar-refractivity contribution is 5.39. The molecule has 0 fully saturated rings. The smallest absolute Gasteiger partial charge is 0.00773 e. The van der Waals surface area contributed by atoms with Crippen LogP contribution in [0.15, 0.2) is 12.1 Å². The second-order valence-corrected chi connectivity index (χ2v) is 5.00. The first-order valence-corrected chi connectivity index (χ1v) is 6.34. The molecule has 0 aromatic heterocycles. The number of unbranched alkanes of at least 4 members (excludes halogenated alkanes) is 1. The molecule has 0 heterocycles. The lowest BCUT2D eigenvalue weighted by Crippen LogP contribution is -2.03. The third kappa shape index (κ3) is 3.34. The second-order valence-electron chi connectivity index (χ2n) is 5.00. The van der Waals surface area contributed by atoms with E-state index in [2.05, 4.69) is 39.8 Å². The summed E-state index contributed by atoms with van der Waals surface area (Å²) in [5, 5.41) is 0. The van der Waals surface area contributed by atoms with Crippen molar-refractivity contribution in [2.24, 2.45) is 5.73 Å². The molecule has 16 heavy (non-hydrogen) atoms. The van der Waals surface area contributed by atoms with Gasteiger partial charge in [-0.05, 0) is 62.8 Å². The largest absolute Gasteiger partial charge is 0.330 e. The molecule has 1 aromatic rings. The quantitative estimate of drug-likeness (QED) is 0.748. The number of benzene rings is 1. The molecule has 0 spiro atoms. The summed E-state index contributed by atoms with van der Waals surface area (Å²) in [6, 6.07) is 4.59. The third-order valence-electron chi connectivity index (χ3n) is 3.32. The van der Waals surface area contributed by atoms with Crippen LogP contribution in [0.1, 0.15) is 54.4 Å². The molecule has 0 saturated carbocycles. The SMILES string of the molecule is Cc1cc(C)c(C(C)CCCCN)c(C)c1. The summed E-state index contributed by atoms with van der Waals surface area (Å²) in [6.45, 7) is 9.78. The average molecular weight is 219 g/mol. The van der Waals surface area contributed by atoms with Crippen LogP contribution in [0.4, 0.5) is 0 Å². The number of hydrogen-bond acceptors (Lipinski definition) is 1. The minimum atomic E-state index is 0.659. The van der Waals surface area contributed by atoms with Crippen LogP contribution in [-0.4, -0.2) is 6.54 Å². The summed E-state index contributed by atoms with van der Waals surface area (Å²) in [4.78, 5) is 0. The standard InChI is InChI=1S/C15H25N/c1-11-9-13(3)15(14(4)10-11)12(2)7-5-6-8-16/h9-10,12H,5-8,16H2,1-4H3. The monoisotopic (exact) mass is 219 g/mol. The molecule has 0 saturated heterocycles. The molecule has 2 N–H and O–H groups in total. The molecule has 1 unspecified atom stereocenters. The molecule has 0 aliphatic rings. The maximum absolute atomic E-state index is 5.53. The van der Waals surface area contributed by atoms with E-state index in [0.717, 1.165) is 13.0 Å². The van der Waals surface area contributed by atoms with E-state index in [-0.39, 0.29) is 0 Å². The van der Waals surface area contributed by atoms with E-state index in [9.17, 15) is 0 Å². The number of nitrogens with two attached hydrogens (primary N) is 1. The molecule has 1 rings (SSSR count). The van der Waals surface area contributed by atoms with E-state index in [1.807, 2.05) is 0 Å². The first kappa shape index (κ1) is 13.2. The van der Waals surface area contributed by atoms with Crippen LogP contribution >= 0.6 is 0 Å². The summed E-state index contributed by atoms with van der Waals surface area (Å²) < 4.78 is 0. The van der Waals surface area contributed by atoms with Crippen LogP contribution in [0.25, 0.3) is 0 Å². The Labute approximate surface area is 100 Å². The summed E-state index contributed by atoms with van der Waals surface area (Å²) >= 11 is 0. The molecule has 1 heteroatoms. The van der Waals surface area contributed by atoms with E-state index in [1.165, 1.54) is 29.5 Å². The van der Waals surface area contributed by atoms with Crippen molar-refractivity contribution in [3.63, 3.8) is 0 Å². The van der Waals surface area contributed by atoms with E-state index < -0.39 is 0 Å². The number of rotatable bonds is 5. The van der Waals surface area contributed by atoms with Crippen LogP contribution in [0.3, 0.4) is 0 Å². The summed E-state index contributed by atoms with van der Waals surface area (Å²) in [6.07, 6.45) is 3.64. The van der Waals surface area contributed by atoms with Gasteiger partial charge in [0.2, 0.25) is 0 Å². The molecular weight excluding hydrogens is 194 g/mol. The van der Waals surface area contributed by atoms with Crippen LogP contribution in [0.2, 0.25) is 0 Å². The molecule has 90 valence electrons. The topological polar surface area (TPSA) is 26.0 Å². The lowest BCUT2D eigenvalue weighted by atomic mass is 9.87. The van der Waals surface area contributed by atoms with Crippen molar-refractivity contribution >= 4 is 0 Å². The number of hydrogen-bond donors (Lipinski definition) is 1. The van der Waals surface area contributed by atoms with Gasteiger partial charge in [-0.1, -0.05) is 31.0 Å². The molecule has 0 bridgehead atoms. The van der Waals surface area contributed by atoms with Crippen molar-refractivity contribution in [3.8, 4) is 0 Å². The van der Waals surface area contributed by atoms with Gasteiger partial charge in [0.25, 0.3) is 0 Å². The van der Waals surface area contributed by atoms with Crippen LogP contribution in [0, 0.1) is 20.8 Å². The fraction of sp³-hybridized carbons (Fsp3) is 0.600. The van der Waals surface area contributed by atoms with Gasteiger partial charge in [-0.25, -0.2) is 0 Å². The van der Waals surface area contributed by atoms with Crippen molar-refractivity contribution in [3.05, 3.63) is 34.4 Å². The number of aryl methyl sites for hydroxylation is 3. The van der Waals surface area contributed by atoms with Crippen LogP contribution in [-0.2, 0) is 0 Å². The highest BCUT2D eigenvalue weighted by Gasteiger charge is 2.11. The summed E-state index contributed by atoms with van der Waals surface area (Å²) in [7, 11) is 0. The van der Waals surface area contributed by atoms with Crippen molar-refractivity contribution in [1.29, 1.82) is 0 Å². The maximum Gasteiger partial charge on any atom is -0.00773 e. The maximum atomic E-state index is 5.53. The van der Waals surface area contributed by atoms with E-state index >= 15 is 0 Å². The normalized spacial score (nSPS) is 12.8. The summed E-state index contributed by atoms with van der Waals surface area (Å²) in [5.41, 5.74) is 11.3. The molecule has 0 amide bonds. The van der Waals surface area contributed by atoms with Crippen molar-refractivity contribution in [2.45, 2.75) is 52.9 Å². The average Bonchev–Trinajstić information content (AvgIpc) is 2.16. The van der Waals surface area contributed by atoms with Crippen molar-refractivity contribution in [1.82, 2.24) is 0 Å². The molecular formula is C15H25N. The summed E-state index contributed by atoms with van der Waals surface area (Å²) in [5.74, 6) is 0.659. The van der Waals surface area contributed by atoms with Crippen molar-refractivity contribution < 1.29 is 0 Å². The van der Waals surface area contributed by atoms with Gasteiger partial charge < -0.3 is 5.73 Å². The minimum absolute atomic E-state index is 0.659. The Bertz CT molecular complexity index is 318. The molecule has 0 aliphatic heterocycles. The van der Waals surface area contributed by atoms with Crippen LogP contribution in [0.5, 0.6) is 0 Å². The van der Waals surface area contributed by atoms with Gasteiger partial charge >= 0.3 is 0 Å². The van der Waals surface area contributed by atoms with Gasteiger partial charge in [0.05, 0.1) is 0 Å². The van der Waals surface area contributed by atoms with Gasteiger partial charge in [-0.3, -0.25) is 0 Å². The third-order valence-corrected chi connectivity index (χ3v) is 3.32. The lowest BCUT2D eigenvalue weighted by molar-refractivity contribution is 0.605. The lowest BCUT2D eigenvalue weighted by Gasteiger charge is -2.18. The van der Waals surface area contributed by atoms with E-state index in [0.29, 0.717) is 5.92 Å². The first-order chi connectivity index (χ1) is 7.56. The Hall–Kier alpha value is -0.820.